The number of hydrogen-bond donors (Lipinski definition) is 2. The smallest absolute Gasteiger partial charge is 0.279 e. The molecule has 2 aromatic carbocycles. The molecule has 2 N–H and O–H groups in total. The van der Waals surface area contributed by atoms with Crippen LogP contribution >= 0.6 is 0 Å². The van der Waals surface area contributed by atoms with E-state index in [0.717, 1.165) is 42.7 Å². The van der Waals surface area contributed by atoms with E-state index in [4.69, 9.17) is 0 Å². The molecule has 146 valence electrons. The van der Waals surface area contributed by atoms with Crippen LogP contribution in [0.3, 0.4) is 0 Å². The minimum atomic E-state index is 0.0835. The fourth-order valence-electron chi connectivity index (χ4n) is 4.23. The number of anilines is 1. The van der Waals surface area contributed by atoms with E-state index >= 15 is 0 Å². The molecule has 0 radical (unpaired) electrons. The maximum atomic E-state index is 12.5. The van der Waals surface area contributed by atoms with Crippen LogP contribution in [-0.4, -0.2) is 40.5 Å². The Hall–Kier alpha value is -2.73. The number of fused-ring (bicyclic) bond motifs is 1. The van der Waals surface area contributed by atoms with Crippen molar-refractivity contribution >= 4 is 22.6 Å². The molecule has 6 heteroatoms. The lowest BCUT2D eigenvalue weighted by Gasteiger charge is -2.29. The monoisotopic (exact) mass is 378 g/mol. The molecular weight excluding hydrogens is 350 g/mol. The normalized spacial score (nSPS) is 19.7. The van der Waals surface area contributed by atoms with Gasteiger partial charge in [0.25, 0.3) is 5.91 Å². The second kappa shape index (κ2) is 7.72. The topological polar surface area (TPSA) is 64.2 Å². The number of quaternary nitrogens is 1. The van der Waals surface area contributed by atoms with Crippen LogP contribution in [0.4, 0.5) is 5.69 Å². The van der Waals surface area contributed by atoms with E-state index in [2.05, 4.69) is 51.5 Å². The Kier molecular flexibility index (Phi) is 5.13. The van der Waals surface area contributed by atoms with Gasteiger partial charge in [0.15, 0.2) is 6.54 Å². The first kappa shape index (κ1) is 18.6. The third-order valence-electron chi connectivity index (χ3n) is 5.55. The number of nitrogens with zero attached hydrogens (tertiary/aromatic N) is 3. The third kappa shape index (κ3) is 4.07. The number of carbonyl (C=O) groups excluding carboxylic acids is 1. The Morgan fingerprint density at radius 2 is 1.79 bits per heavy atom. The van der Waals surface area contributed by atoms with Gasteiger partial charge in [-0.2, -0.15) is 0 Å². The number of amides is 1. The van der Waals surface area contributed by atoms with Gasteiger partial charge in [-0.1, -0.05) is 17.3 Å². The lowest BCUT2D eigenvalue weighted by atomic mass is 10.0. The molecule has 3 aromatic rings. The Morgan fingerprint density at radius 3 is 2.50 bits per heavy atom. The van der Waals surface area contributed by atoms with Crippen LogP contribution in [-0.2, 0) is 4.79 Å². The molecule has 0 atom stereocenters. The molecule has 0 aliphatic carbocycles. The number of rotatable bonds is 4. The first-order valence-electron chi connectivity index (χ1n) is 10.0. The van der Waals surface area contributed by atoms with Crippen LogP contribution in [0.1, 0.15) is 35.6 Å². The van der Waals surface area contributed by atoms with Crippen molar-refractivity contribution in [2.75, 3.05) is 25.0 Å². The largest absolute Gasteiger partial charge is 0.327 e. The van der Waals surface area contributed by atoms with E-state index < -0.39 is 0 Å². The van der Waals surface area contributed by atoms with Crippen LogP contribution in [0.2, 0.25) is 0 Å². The van der Waals surface area contributed by atoms with Crippen molar-refractivity contribution in [2.24, 2.45) is 0 Å². The number of aryl methyl sites for hydroxylation is 3. The molecule has 1 amide bonds. The molecule has 1 aliphatic heterocycles. The maximum Gasteiger partial charge on any atom is 0.279 e. The van der Waals surface area contributed by atoms with E-state index in [1.165, 1.54) is 21.6 Å². The van der Waals surface area contributed by atoms with Gasteiger partial charge in [0, 0.05) is 18.5 Å². The summed E-state index contributed by atoms with van der Waals surface area (Å²) in [7, 11) is 0. The summed E-state index contributed by atoms with van der Waals surface area (Å²) in [6, 6.07) is 12.8. The molecule has 1 fully saturated rings. The summed E-state index contributed by atoms with van der Waals surface area (Å²) in [5, 5.41) is 11.8. The Bertz CT molecular complexity index is 981. The molecule has 6 nitrogen and oxygen atoms in total. The average Bonchev–Trinajstić information content (AvgIpc) is 3.04. The van der Waals surface area contributed by atoms with Crippen LogP contribution in [0, 0.1) is 20.8 Å². The first-order chi connectivity index (χ1) is 13.5. The van der Waals surface area contributed by atoms with Crippen molar-refractivity contribution in [3.05, 3.63) is 53.1 Å². The molecular formula is C22H28N5O+. The van der Waals surface area contributed by atoms with Gasteiger partial charge in [0.1, 0.15) is 5.52 Å². The lowest BCUT2D eigenvalue weighted by Crippen LogP contribution is -3.14. The molecule has 28 heavy (non-hydrogen) atoms. The van der Waals surface area contributed by atoms with Gasteiger partial charge in [0.05, 0.1) is 24.6 Å². The second-order valence-electron chi connectivity index (χ2n) is 8.11. The molecule has 1 aliphatic rings. The van der Waals surface area contributed by atoms with Gasteiger partial charge in [-0.25, -0.2) is 4.68 Å². The quantitative estimate of drug-likeness (QED) is 0.732. The molecule has 2 heterocycles. The Labute approximate surface area is 165 Å². The summed E-state index contributed by atoms with van der Waals surface area (Å²) in [5.74, 6) is 0.0835. The minimum absolute atomic E-state index is 0.0835. The molecule has 0 saturated carbocycles. The number of piperidine rings is 1. The van der Waals surface area contributed by atoms with E-state index in [0.29, 0.717) is 12.6 Å². The predicted molar refractivity (Wildman–Crippen MR) is 111 cm³/mol. The maximum absolute atomic E-state index is 12.5. The average molecular weight is 379 g/mol. The molecule has 0 unspecified atom stereocenters. The number of benzene rings is 2. The third-order valence-corrected chi connectivity index (χ3v) is 5.55. The highest BCUT2D eigenvalue weighted by molar-refractivity contribution is 5.91. The van der Waals surface area contributed by atoms with Gasteiger partial charge < -0.3 is 10.2 Å². The Balaban J connectivity index is 1.34. The first-order valence-corrected chi connectivity index (χ1v) is 10.0. The number of carbonyl (C=O) groups is 1. The summed E-state index contributed by atoms with van der Waals surface area (Å²) in [5.41, 5.74) is 6.49. The van der Waals surface area contributed by atoms with E-state index in [9.17, 15) is 4.79 Å². The van der Waals surface area contributed by atoms with Crippen molar-refractivity contribution in [2.45, 2.75) is 39.7 Å². The highest BCUT2D eigenvalue weighted by Crippen LogP contribution is 2.22. The van der Waals surface area contributed by atoms with E-state index in [1.54, 1.807) is 0 Å². The van der Waals surface area contributed by atoms with Crippen LogP contribution in [0.25, 0.3) is 11.0 Å². The minimum Gasteiger partial charge on any atom is -0.327 e. The molecule has 0 bridgehead atoms. The van der Waals surface area contributed by atoms with E-state index in [1.807, 2.05) is 26.0 Å². The van der Waals surface area contributed by atoms with Gasteiger partial charge in [-0.15, -0.1) is 5.10 Å². The summed E-state index contributed by atoms with van der Waals surface area (Å²) in [4.78, 5) is 13.8. The van der Waals surface area contributed by atoms with Gasteiger partial charge in [-0.05, 0) is 61.7 Å². The summed E-state index contributed by atoms with van der Waals surface area (Å²) >= 11 is 0. The summed E-state index contributed by atoms with van der Waals surface area (Å²) in [6.45, 7) is 8.62. The van der Waals surface area contributed by atoms with Crippen LogP contribution in [0.15, 0.2) is 36.4 Å². The predicted octanol–water partition coefficient (Wildman–Crippen LogP) is 2.22. The van der Waals surface area contributed by atoms with Crippen molar-refractivity contribution in [1.82, 2.24) is 15.0 Å². The molecule has 4 rings (SSSR count). The number of nitrogens with one attached hydrogen (secondary N) is 2. The van der Waals surface area contributed by atoms with Gasteiger partial charge in [0.2, 0.25) is 0 Å². The SMILES string of the molecule is Cc1cc(C)cc(NC(=O)C[NH+]2CCC(n3nnc4cc(C)ccc43)CC2)c1. The second-order valence-corrected chi connectivity index (χ2v) is 8.11. The zero-order valence-electron chi connectivity index (χ0n) is 16.8. The number of likely N-dealkylation sites (tertiary alicyclic amines) is 1. The molecule has 1 aromatic heterocycles. The summed E-state index contributed by atoms with van der Waals surface area (Å²) < 4.78 is 2.07. The van der Waals surface area contributed by atoms with Gasteiger partial charge in [-0.3, -0.25) is 4.79 Å². The number of hydrogen-bond acceptors (Lipinski definition) is 3. The molecule has 1 saturated heterocycles. The highest BCUT2D eigenvalue weighted by atomic mass is 16.2. The Morgan fingerprint density at radius 1 is 1.07 bits per heavy atom. The van der Waals surface area contributed by atoms with Crippen molar-refractivity contribution in [1.29, 1.82) is 0 Å². The van der Waals surface area contributed by atoms with Gasteiger partial charge >= 0.3 is 0 Å². The van der Waals surface area contributed by atoms with E-state index in [-0.39, 0.29) is 5.91 Å². The highest BCUT2D eigenvalue weighted by Gasteiger charge is 2.26. The van der Waals surface area contributed by atoms with Crippen LogP contribution in [0.5, 0.6) is 0 Å². The zero-order chi connectivity index (χ0) is 19.7. The van der Waals surface area contributed by atoms with Crippen molar-refractivity contribution in [3.8, 4) is 0 Å². The number of aromatic nitrogens is 3. The zero-order valence-corrected chi connectivity index (χ0v) is 16.8. The van der Waals surface area contributed by atoms with Crippen LogP contribution < -0.4 is 10.2 Å². The fourth-order valence-corrected chi connectivity index (χ4v) is 4.23. The molecule has 0 spiro atoms. The van der Waals surface area contributed by atoms with Crippen molar-refractivity contribution < 1.29 is 9.69 Å². The lowest BCUT2D eigenvalue weighted by molar-refractivity contribution is -0.897. The fraction of sp³-hybridized carbons (Fsp3) is 0.409. The summed E-state index contributed by atoms with van der Waals surface area (Å²) in [6.07, 6.45) is 2.02. The van der Waals surface area contributed by atoms with Crippen molar-refractivity contribution in [3.63, 3.8) is 0 Å². The standard InChI is InChI=1S/C22H27N5O/c1-15-4-5-21-20(13-15)24-25-27(21)19-6-8-26(9-7-19)14-22(28)23-18-11-16(2)10-17(3)12-18/h4-5,10-13,19H,6-9,14H2,1-3H3,(H,23,28)/p+1.